The van der Waals surface area contributed by atoms with E-state index in [0.29, 0.717) is 5.56 Å². The van der Waals surface area contributed by atoms with Crippen LogP contribution in [0.2, 0.25) is 0 Å². The van der Waals surface area contributed by atoms with Crippen molar-refractivity contribution in [1.82, 2.24) is 10.3 Å². The molecule has 2 aromatic rings. The molecule has 0 fully saturated rings. The zero-order valence-corrected chi connectivity index (χ0v) is 11.7. The van der Waals surface area contributed by atoms with Gasteiger partial charge in [-0.1, -0.05) is 13.0 Å². The van der Waals surface area contributed by atoms with Gasteiger partial charge in [0, 0.05) is 24.5 Å². The number of nitriles is 1. The molecule has 0 amide bonds. The smallest absolute Gasteiger partial charge is 0.119 e. The number of aromatic nitrogens is 1. The van der Waals surface area contributed by atoms with Gasteiger partial charge in [0.05, 0.1) is 12.7 Å². The molecule has 1 aromatic heterocycles. The fourth-order valence-electron chi connectivity index (χ4n) is 2.03. The second-order valence-corrected chi connectivity index (χ2v) is 4.38. The second kappa shape index (κ2) is 6.69. The Labute approximate surface area is 119 Å². The van der Waals surface area contributed by atoms with Gasteiger partial charge < -0.3 is 10.1 Å². The van der Waals surface area contributed by atoms with Crippen LogP contribution in [-0.2, 0) is 6.54 Å². The van der Waals surface area contributed by atoms with Crippen LogP contribution in [-0.4, -0.2) is 18.6 Å². The Hall–Kier alpha value is -2.38. The number of pyridine rings is 1. The van der Waals surface area contributed by atoms with Gasteiger partial charge in [0.15, 0.2) is 0 Å². The predicted octanol–water partition coefficient (Wildman–Crippen LogP) is 2.74. The lowest BCUT2D eigenvalue weighted by atomic mass is 9.99. The van der Waals surface area contributed by atoms with E-state index in [1.165, 1.54) is 0 Å². The largest absolute Gasteiger partial charge is 0.497 e. The molecule has 4 nitrogen and oxygen atoms in total. The average molecular weight is 267 g/mol. The number of nitrogens with one attached hydrogen (secondary N) is 1. The molecule has 0 unspecified atom stereocenters. The van der Waals surface area contributed by atoms with Crippen LogP contribution in [0, 0.1) is 11.3 Å². The van der Waals surface area contributed by atoms with Crippen LogP contribution in [0.1, 0.15) is 18.1 Å². The second-order valence-electron chi connectivity index (χ2n) is 4.38. The van der Waals surface area contributed by atoms with Crippen molar-refractivity contribution in [1.29, 1.82) is 5.26 Å². The van der Waals surface area contributed by atoms with Crippen LogP contribution in [0.5, 0.6) is 5.75 Å². The van der Waals surface area contributed by atoms with Crippen LogP contribution >= 0.6 is 0 Å². The van der Waals surface area contributed by atoms with E-state index in [-0.39, 0.29) is 0 Å². The molecular formula is C16H17N3O. The molecule has 0 bridgehead atoms. The zero-order chi connectivity index (χ0) is 14.4. The summed E-state index contributed by atoms with van der Waals surface area (Å²) in [6.45, 7) is 3.71. The molecule has 2 rings (SSSR count). The molecule has 0 radical (unpaired) electrons. The molecule has 0 atom stereocenters. The normalized spacial score (nSPS) is 10.1. The first-order chi connectivity index (χ1) is 9.78. The van der Waals surface area contributed by atoms with E-state index >= 15 is 0 Å². The molecule has 1 aromatic carbocycles. The summed E-state index contributed by atoms with van der Waals surface area (Å²) in [7, 11) is 1.66. The van der Waals surface area contributed by atoms with Gasteiger partial charge in [-0.3, -0.25) is 4.98 Å². The summed E-state index contributed by atoms with van der Waals surface area (Å²) in [5.41, 5.74) is 3.70. The van der Waals surface area contributed by atoms with Crippen molar-refractivity contribution in [2.45, 2.75) is 13.5 Å². The Bertz CT molecular complexity index is 632. The van der Waals surface area contributed by atoms with Crippen LogP contribution in [0.4, 0.5) is 0 Å². The first-order valence-electron chi connectivity index (χ1n) is 6.51. The Morgan fingerprint density at radius 2 is 2.15 bits per heavy atom. The van der Waals surface area contributed by atoms with E-state index in [4.69, 9.17) is 10.00 Å². The number of rotatable bonds is 5. The molecule has 0 spiro atoms. The molecule has 4 heteroatoms. The standard InChI is InChI=1S/C16H17N3O/c1-3-18-10-14-7-15(20-2)4-5-16(14)13-6-12(8-17)9-19-11-13/h4-7,9,11,18H,3,10H2,1-2H3. The maximum atomic E-state index is 8.98. The van der Waals surface area contributed by atoms with Crippen molar-refractivity contribution in [3.8, 4) is 22.9 Å². The fourth-order valence-corrected chi connectivity index (χ4v) is 2.03. The third-order valence-corrected chi connectivity index (χ3v) is 3.06. The number of benzene rings is 1. The minimum Gasteiger partial charge on any atom is -0.497 e. The van der Waals surface area contributed by atoms with Gasteiger partial charge in [0.1, 0.15) is 11.8 Å². The lowest BCUT2D eigenvalue weighted by molar-refractivity contribution is 0.414. The molecule has 0 saturated heterocycles. The number of nitrogens with zero attached hydrogens (tertiary/aromatic N) is 2. The Morgan fingerprint density at radius 1 is 1.30 bits per heavy atom. The van der Waals surface area contributed by atoms with E-state index in [1.807, 2.05) is 24.3 Å². The predicted molar refractivity (Wildman–Crippen MR) is 78.3 cm³/mol. The maximum Gasteiger partial charge on any atom is 0.119 e. The average Bonchev–Trinajstić information content (AvgIpc) is 2.52. The monoisotopic (exact) mass is 267 g/mol. The summed E-state index contributed by atoms with van der Waals surface area (Å²) in [5.74, 6) is 0.825. The van der Waals surface area contributed by atoms with Crippen molar-refractivity contribution in [2.24, 2.45) is 0 Å². The quantitative estimate of drug-likeness (QED) is 0.905. The van der Waals surface area contributed by atoms with Gasteiger partial charge in [-0.05, 0) is 35.9 Å². The highest BCUT2D eigenvalue weighted by molar-refractivity contribution is 5.68. The molecule has 20 heavy (non-hydrogen) atoms. The third kappa shape index (κ3) is 3.14. The third-order valence-electron chi connectivity index (χ3n) is 3.06. The van der Waals surface area contributed by atoms with Gasteiger partial charge in [0.2, 0.25) is 0 Å². The first-order valence-corrected chi connectivity index (χ1v) is 6.51. The van der Waals surface area contributed by atoms with E-state index in [0.717, 1.165) is 35.5 Å². The highest BCUT2D eigenvalue weighted by Gasteiger charge is 2.08. The summed E-state index contributed by atoms with van der Waals surface area (Å²) in [6, 6.07) is 9.91. The molecule has 1 N–H and O–H groups in total. The zero-order valence-electron chi connectivity index (χ0n) is 11.7. The highest BCUT2D eigenvalue weighted by atomic mass is 16.5. The summed E-state index contributed by atoms with van der Waals surface area (Å²) in [4.78, 5) is 4.12. The topological polar surface area (TPSA) is 57.9 Å². The molecule has 0 aliphatic heterocycles. The number of hydrogen-bond donors (Lipinski definition) is 1. The van der Waals surface area contributed by atoms with E-state index in [2.05, 4.69) is 23.3 Å². The van der Waals surface area contributed by atoms with Crippen molar-refractivity contribution in [3.05, 3.63) is 47.8 Å². The Balaban J connectivity index is 2.45. The van der Waals surface area contributed by atoms with Crippen molar-refractivity contribution >= 4 is 0 Å². The van der Waals surface area contributed by atoms with Crippen molar-refractivity contribution in [2.75, 3.05) is 13.7 Å². The molecule has 1 heterocycles. The van der Waals surface area contributed by atoms with Gasteiger partial charge in [-0.2, -0.15) is 5.26 Å². The van der Waals surface area contributed by atoms with E-state index in [9.17, 15) is 0 Å². The van der Waals surface area contributed by atoms with Crippen LogP contribution in [0.15, 0.2) is 36.7 Å². The number of hydrogen-bond acceptors (Lipinski definition) is 4. The molecule has 0 aliphatic rings. The minimum atomic E-state index is 0.563. The summed E-state index contributed by atoms with van der Waals surface area (Å²) in [6.07, 6.45) is 3.34. The van der Waals surface area contributed by atoms with E-state index < -0.39 is 0 Å². The SMILES string of the molecule is CCNCc1cc(OC)ccc1-c1cncc(C#N)c1. The van der Waals surface area contributed by atoms with Crippen LogP contribution in [0.3, 0.4) is 0 Å². The molecule has 102 valence electrons. The van der Waals surface area contributed by atoms with Crippen molar-refractivity contribution in [3.63, 3.8) is 0 Å². The van der Waals surface area contributed by atoms with Crippen LogP contribution < -0.4 is 10.1 Å². The highest BCUT2D eigenvalue weighted by Crippen LogP contribution is 2.27. The number of methoxy groups -OCH3 is 1. The summed E-state index contributed by atoms with van der Waals surface area (Å²) < 4.78 is 5.27. The maximum absolute atomic E-state index is 8.98. The van der Waals surface area contributed by atoms with Gasteiger partial charge >= 0.3 is 0 Å². The summed E-state index contributed by atoms with van der Waals surface area (Å²) in [5, 5.41) is 12.3. The molecular weight excluding hydrogens is 250 g/mol. The fraction of sp³-hybridized carbons (Fsp3) is 0.250. The Morgan fingerprint density at radius 3 is 2.85 bits per heavy atom. The lowest BCUT2D eigenvalue weighted by Gasteiger charge is -2.12. The van der Waals surface area contributed by atoms with E-state index in [1.54, 1.807) is 19.5 Å². The van der Waals surface area contributed by atoms with Gasteiger partial charge in [-0.25, -0.2) is 0 Å². The first kappa shape index (κ1) is 14.0. The minimum absolute atomic E-state index is 0.563. The Kier molecular flexibility index (Phi) is 4.70. The molecule has 0 aliphatic carbocycles. The van der Waals surface area contributed by atoms with Crippen LogP contribution in [0.25, 0.3) is 11.1 Å². The van der Waals surface area contributed by atoms with Crippen molar-refractivity contribution < 1.29 is 4.74 Å². The van der Waals surface area contributed by atoms with Gasteiger partial charge in [-0.15, -0.1) is 0 Å². The lowest BCUT2D eigenvalue weighted by Crippen LogP contribution is -2.12. The molecule has 0 saturated carbocycles. The summed E-state index contributed by atoms with van der Waals surface area (Å²) >= 11 is 0. The van der Waals surface area contributed by atoms with Gasteiger partial charge in [0.25, 0.3) is 0 Å². The number of ether oxygens (including phenoxy) is 1.